The first-order valence-corrected chi connectivity index (χ1v) is 22.4. The van der Waals surface area contributed by atoms with E-state index in [0.717, 1.165) is 106 Å². The van der Waals surface area contributed by atoms with E-state index < -0.39 is 0 Å². The van der Waals surface area contributed by atoms with Crippen LogP contribution in [0.2, 0.25) is 0 Å². The van der Waals surface area contributed by atoms with Crippen LogP contribution in [0.5, 0.6) is 0 Å². The molecule has 3 heteroatoms. The van der Waals surface area contributed by atoms with Crippen LogP contribution < -0.4 is 0 Å². The van der Waals surface area contributed by atoms with Gasteiger partial charge in [0.2, 0.25) is 0 Å². The third kappa shape index (κ3) is 8.02. The lowest BCUT2D eigenvalue weighted by molar-refractivity contribution is 1.18. The van der Waals surface area contributed by atoms with Gasteiger partial charge in [0.25, 0.3) is 0 Å². The van der Waals surface area contributed by atoms with Crippen LogP contribution in [0.4, 0.5) is 0 Å². The quantitative estimate of drug-likeness (QED) is 0.138. The third-order valence-corrected chi connectivity index (χ3v) is 12.1. The van der Waals surface area contributed by atoms with Gasteiger partial charge in [-0.05, 0) is 51.1 Å². The van der Waals surface area contributed by atoms with Crippen molar-refractivity contribution in [3.05, 3.63) is 261 Å². The van der Waals surface area contributed by atoms with E-state index in [1.807, 2.05) is 12.1 Å². The Hall–Kier alpha value is -8.79. The molecule has 310 valence electrons. The molecule has 11 aromatic rings. The van der Waals surface area contributed by atoms with E-state index in [0.29, 0.717) is 5.82 Å². The standard InChI is InChI=1S/C63H43N3/c1-7-22-45(23-8-1)54-36-19-20-37-55(54)63-64-56(46-24-9-2-10-25-46)43-57(65-63)53-35-21-34-52(42-53)44-38-40-49(41-39-44)58-59(47-26-11-3-12-27-47)61(50-30-15-5-16-31-50)66-62(51-32-17-6-18-33-51)60(58)48-28-13-4-14-29-48/h1-43H. The molecule has 3 nitrogen and oxygen atoms in total. The van der Waals surface area contributed by atoms with Crippen LogP contribution in [-0.2, 0) is 0 Å². The maximum Gasteiger partial charge on any atom is 0.161 e. The highest BCUT2D eigenvalue weighted by Gasteiger charge is 2.25. The molecule has 0 aliphatic carbocycles. The second-order valence-electron chi connectivity index (χ2n) is 16.3. The summed E-state index contributed by atoms with van der Waals surface area (Å²) < 4.78 is 0. The molecule has 0 radical (unpaired) electrons. The SMILES string of the molecule is c1ccc(-c2cc(-c3cccc(-c4ccc(-c5c(-c6ccccc6)c(-c6ccccc6)nc(-c6ccccc6)c5-c5ccccc5)cc4)c3)nc(-c3ccccc3-c3ccccc3)n2)cc1. The average Bonchev–Trinajstić information content (AvgIpc) is 3.41. The van der Waals surface area contributed by atoms with Gasteiger partial charge in [-0.25, -0.2) is 15.0 Å². The first-order chi connectivity index (χ1) is 32.7. The van der Waals surface area contributed by atoms with Crippen LogP contribution in [0.25, 0.3) is 112 Å². The summed E-state index contributed by atoms with van der Waals surface area (Å²) >= 11 is 0. The summed E-state index contributed by atoms with van der Waals surface area (Å²) in [5.41, 5.74) is 19.9. The molecule has 9 aromatic carbocycles. The van der Waals surface area contributed by atoms with Gasteiger partial charge in [0.1, 0.15) is 0 Å². The van der Waals surface area contributed by atoms with Gasteiger partial charge in [-0.2, -0.15) is 0 Å². The maximum atomic E-state index is 5.62. The number of aromatic nitrogens is 3. The van der Waals surface area contributed by atoms with Crippen LogP contribution in [0, 0.1) is 0 Å². The Labute approximate surface area is 386 Å². The fourth-order valence-electron chi connectivity index (χ4n) is 8.96. The Morgan fingerprint density at radius 2 is 0.561 bits per heavy atom. The zero-order valence-electron chi connectivity index (χ0n) is 36.2. The predicted molar refractivity (Wildman–Crippen MR) is 274 cm³/mol. The maximum absolute atomic E-state index is 5.62. The van der Waals surface area contributed by atoms with Crippen molar-refractivity contribution in [2.75, 3.05) is 0 Å². The first-order valence-electron chi connectivity index (χ1n) is 22.4. The van der Waals surface area contributed by atoms with Crippen LogP contribution in [0.1, 0.15) is 0 Å². The highest BCUT2D eigenvalue weighted by molar-refractivity contribution is 6.05. The van der Waals surface area contributed by atoms with Crippen molar-refractivity contribution < 1.29 is 0 Å². The second kappa shape index (κ2) is 18.1. The molecule has 11 rings (SSSR count). The molecule has 0 spiro atoms. The minimum Gasteiger partial charge on any atom is -0.246 e. The highest BCUT2D eigenvalue weighted by atomic mass is 14.9. The van der Waals surface area contributed by atoms with Crippen molar-refractivity contribution >= 4 is 0 Å². The summed E-state index contributed by atoms with van der Waals surface area (Å²) in [4.78, 5) is 16.1. The first kappa shape index (κ1) is 40.0. The molecular weight excluding hydrogens is 799 g/mol. The molecule has 0 N–H and O–H groups in total. The number of hydrogen-bond acceptors (Lipinski definition) is 3. The lowest BCUT2D eigenvalue weighted by Gasteiger charge is -2.23. The second-order valence-corrected chi connectivity index (χ2v) is 16.3. The molecule has 0 unspecified atom stereocenters. The van der Waals surface area contributed by atoms with Gasteiger partial charge in [0, 0.05) is 44.5 Å². The molecule has 0 fully saturated rings. The van der Waals surface area contributed by atoms with Crippen molar-refractivity contribution in [1.29, 1.82) is 0 Å². The van der Waals surface area contributed by atoms with E-state index in [2.05, 4.69) is 249 Å². The largest absolute Gasteiger partial charge is 0.246 e. The van der Waals surface area contributed by atoms with Gasteiger partial charge in [-0.3, -0.25) is 0 Å². The lowest BCUT2D eigenvalue weighted by atomic mass is 9.83. The molecule has 66 heavy (non-hydrogen) atoms. The van der Waals surface area contributed by atoms with Crippen molar-refractivity contribution in [1.82, 2.24) is 15.0 Å². The number of nitrogens with zero attached hydrogens (tertiary/aromatic N) is 3. The predicted octanol–water partition coefficient (Wildman–Crippen LogP) is 16.5. The monoisotopic (exact) mass is 841 g/mol. The molecule has 2 heterocycles. The Balaban J connectivity index is 1.07. The summed E-state index contributed by atoms with van der Waals surface area (Å²) in [6, 6.07) is 91.7. The van der Waals surface area contributed by atoms with Gasteiger partial charge >= 0.3 is 0 Å². The molecule has 0 atom stereocenters. The van der Waals surface area contributed by atoms with Gasteiger partial charge in [0.15, 0.2) is 5.82 Å². The molecule has 0 amide bonds. The summed E-state index contributed by atoms with van der Waals surface area (Å²) in [6.07, 6.45) is 0. The number of benzene rings is 9. The van der Waals surface area contributed by atoms with Gasteiger partial charge < -0.3 is 0 Å². The molecule has 0 bridgehead atoms. The zero-order chi connectivity index (χ0) is 44.1. The summed E-state index contributed by atoms with van der Waals surface area (Å²) in [5.74, 6) is 0.686. The topological polar surface area (TPSA) is 38.7 Å². The van der Waals surface area contributed by atoms with E-state index in [9.17, 15) is 0 Å². The molecule has 0 saturated carbocycles. The Kier molecular flexibility index (Phi) is 11.0. The Bertz CT molecular complexity index is 3310. The molecule has 2 aromatic heterocycles. The lowest BCUT2D eigenvalue weighted by Crippen LogP contribution is -2.01. The fraction of sp³-hybridized carbons (Fsp3) is 0. The van der Waals surface area contributed by atoms with E-state index in [4.69, 9.17) is 15.0 Å². The Morgan fingerprint density at radius 1 is 0.197 bits per heavy atom. The highest BCUT2D eigenvalue weighted by Crippen LogP contribution is 2.49. The van der Waals surface area contributed by atoms with Crippen molar-refractivity contribution in [3.8, 4) is 112 Å². The smallest absolute Gasteiger partial charge is 0.161 e. The molecular formula is C63H43N3. The Morgan fingerprint density at radius 3 is 1.08 bits per heavy atom. The van der Waals surface area contributed by atoms with Crippen LogP contribution in [0.15, 0.2) is 261 Å². The minimum atomic E-state index is 0.686. The summed E-state index contributed by atoms with van der Waals surface area (Å²) in [7, 11) is 0. The minimum absolute atomic E-state index is 0.686. The zero-order valence-corrected chi connectivity index (χ0v) is 36.2. The van der Waals surface area contributed by atoms with Gasteiger partial charge in [-0.1, -0.05) is 249 Å². The van der Waals surface area contributed by atoms with Crippen molar-refractivity contribution in [2.24, 2.45) is 0 Å². The average molecular weight is 842 g/mol. The molecule has 0 saturated heterocycles. The van der Waals surface area contributed by atoms with E-state index in [1.54, 1.807) is 0 Å². The van der Waals surface area contributed by atoms with E-state index in [-0.39, 0.29) is 0 Å². The number of pyridine rings is 1. The van der Waals surface area contributed by atoms with Crippen molar-refractivity contribution in [3.63, 3.8) is 0 Å². The van der Waals surface area contributed by atoms with Gasteiger partial charge in [0.05, 0.1) is 22.8 Å². The van der Waals surface area contributed by atoms with Crippen LogP contribution in [-0.4, -0.2) is 15.0 Å². The number of hydrogen-bond donors (Lipinski definition) is 0. The number of rotatable bonds is 10. The van der Waals surface area contributed by atoms with Gasteiger partial charge in [-0.15, -0.1) is 0 Å². The summed E-state index contributed by atoms with van der Waals surface area (Å²) in [5, 5.41) is 0. The van der Waals surface area contributed by atoms with Crippen molar-refractivity contribution in [2.45, 2.75) is 0 Å². The fourth-order valence-corrected chi connectivity index (χ4v) is 8.96. The molecule has 0 aliphatic rings. The van der Waals surface area contributed by atoms with Crippen LogP contribution >= 0.6 is 0 Å². The third-order valence-electron chi connectivity index (χ3n) is 12.1. The van der Waals surface area contributed by atoms with E-state index in [1.165, 1.54) is 0 Å². The molecule has 0 aliphatic heterocycles. The summed E-state index contributed by atoms with van der Waals surface area (Å²) in [6.45, 7) is 0. The van der Waals surface area contributed by atoms with Crippen LogP contribution in [0.3, 0.4) is 0 Å². The normalized spacial score (nSPS) is 11.0. The van der Waals surface area contributed by atoms with E-state index >= 15 is 0 Å².